The number of hydrogen-bond donors (Lipinski definition) is 2. The van der Waals surface area contributed by atoms with E-state index in [2.05, 4.69) is 6.58 Å². The molecule has 126 valence electrons. The Morgan fingerprint density at radius 2 is 2.17 bits per heavy atom. The number of amides is 3. The zero-order valence-electron chi connectivity index (χ0n) is 12.9. The van der Waals surface area contributed by atoms with Gasteiger partial charge in [0.05, 0.1) is 12.0 Å². The van der Waals surface area contributed by atoms with Crippen LogP contribution in [0.4, 0.5) is 4.79 Å². The number of phenols is 1. The molecule has 8 heteroatoms. The number of rotatable bonds is 6. The SMILES string of the molecule is C=CCc1cc(/C=C2\SC(=O)N(CC(N)=O)C2=O)cc(OC)c1O. The molecule has 1 heterocycles. The molecule has 0 aliphatic carbocycles. The molecular formula is C16H16N2O5S. The summed E-state index contributed by atoms with van der Waals surface area (Å²) in [5.41, 5.74) is 6.19. The van der Waals surface area contributed by atoms with E-state index in [4.69, 9.17) is 10.5 Å². The van der Waals surface area contributed by atoms with Crippen molar-refractivity contribution in [1.29, 1.82) is 0 Å². The Morgan fingerprint density at radius 3 is 2.75 bits per heavy atom. The van der Waals surface area contributed by atoms with Crippen LogP contribution in [0.25, 0.3) is 6.08 Å². The van der Waals surface area contributed by atoms with Crippen molar-refractivity contribution < 1.29 is 24.2 Å². The molecule has 1 aromatic rings. The number of thioether (sulfide) groups is 1. The summed E-state index contributed by atoms with van der Waals surface area (Å²) in [6.07, 6.45) is 3.53. The number of imide groups is 1. The number of phenolic OH excluding ortho intramolecular Hbond substituents is 1. The number of benzene rings is 1. The summed E-state index contributed by atoms with van der Waals surface area (Å²) in [6.45, 7) is 3.17. The van der Waals surface area contributed by atoms with E-state index in [-0.39, 0.29) is 16.4 Å². The van der Waals surface area contributed by atoms with Crippen molar-refractivity contribution in [1.82, 2.24) is 4.90 Å². The van der Waals surface area contributed by atoms with E-state index in [1.807, 2.05) is 0 Å². The van der Waals surface area contributed by atoms with Crippen LogP contribution in [0.15, 0.2) is 29.7 Å². The number of hydrogen-bond acceptors (Lipinski definition) is 6. The highest BCUT2D eigenvalue weighted by Crippen LogP contribution is 2.36. The number of nitrogens with zero attached hydrogens (tertiary/aromatic N) is 1. The van der Waals surface area contributed by atoms with Gasteiger partial charge in [-0.05, 0) is 42.0 Å². The molecule has 7 nitrogen and oxygen atoms in total. The number of carbonyl (C=O) groups excluding carboxylic acids is 3. The molecule has 0 saturated carbocycles. The van der Waals surface area contributed by atoms with Crippen molar-refractivity contribution >= 4 is 34.9 Å². The summed E-state index contributed by atoms with van der Waals surface area (Å²) in [5, 5.41) is 9.51. The lowest BCUT2D eigenvalue weighted by atomic mass is 10.1. The van der Waals surface area contributed by atoms with E-state index in [1.165, 1.54) is 13.2 Å². The van der Waals surface area contributed by atoms with Gasteiger partial charge in [0.25, 0.3) is 11.1 Å². The van der Waals surface area contributed by atoms with Gasteiger partial charge in [0, 0.05) is 5.56 Å². The molecule has 3 amide bonds. The van der Waals surface area contributed by atoms with Crippen LogP contribution in [0.3, 0.4) is 0 Å². The third-order valence-electron chi connectivity index (χ3n) is 3.25. The molecule has 2 rings (SSSR count). The van der Waals surface area contributed by atoms with Crippen LogP contribution in [-0.2, 0) is 16.0 Å². The lowest BCUT2D eigenvalue weighted by Crippen LogP contribution is -2.36. The van der Waals surface area contributed by atoms with E-state index in [1.54, 1.807) is 18.2 Å². The van der Waals surface area contributed by atoms with Crippen molar-refractivity contribution in [2.75, 3.05) is 13.7 Å². The van der Waals surface area contributed by atoms with Gasteiger partial charge < -0.3 is 15.6 Å². The summed E-state index contributed by atoms with van der Waals surface area (Å²) >= 11 is 0.723. The Kier molecular flexibility index (Phi) is 5.30. The Morgan fingerprint density at radius 1 is 1.46 bits per heavy atom. The van der Waals surface area contributed by atoms with E-state index < -0.39 is 23.6 Å². The summed E-state index contributed by atoms with van der Waals surface area (Å²) in [7, 11) is 1.41. The average molecular weight is 348 g/mol. The molecule has 1 saturated heterocycles. The number of aromatic hydroxyl groups is 1. The molecule has 3 N–H and O–H groups in total. The average Bonchev–Trinajstić information content (AvgIpc) is 2.77. The van der Waals surface area contributed by atoms with Gasteiger partial charge in [-0.1, -0.05) is 6.08 Å². The van der Waals surface area contributed by atoms with Gasteiger partial charge >= 0.3 is 0 Å². The smallest absolute Gasteiger partial charge is 0.294 e. The number of ether oxygens (including phenoxy) is 1. The molecule has 0 aromatic heterocycles. The maximum Gasteiger partial charge on any atom is 0.294 e. The quantitative estimate of drug-likeness (QED) is 0.597. The van der Waals surface area contributed by atoms with Gasteiger partial charge in [0.15, 0.2) is 11.5 Å². The molecule has 1 aliphatic heterocycles. The van der Waals surface area contributed by atoms with Crippen molar-refractivity contribution in [2.24, 2.45) is 5.73 Å². The van der Waals surface area contributed by atoms with Crippen molar-refractivity contribution in [3.8, 4) is 11.5 Å². The fraction of sp³-hybridized carbons (Fsp3) is 0.188. The van der Waals surface area contributed by atoms with Crippen LogP contribution in [0.5, 0.6) is 11.5 Å². The Balaban J connectivity index is 2.39. The molecule has 0 unspecified atom stereocenters. The van der Waals surface area contributed by atoms with Crippen LogP contribution in [0.1, 0.15) is 11.1 Å². The Labute approximate surface area is 142 Å². The number of primary amides is 1. The van der Waals surface area contributed by atoms with Gasteiger partial charge in [0.1, 0.15) is 6.54 Å². The molecule has 0 radical (unpaired) electrons. The van der Waals surface area contributed by atoms with Gasteiger partial charge in [-0.2, -0.15) is 0 Å². The first kappa shape index (κ1) is 17.6. The number of carbonyl (C=O) groups is 3. The second kappa shape index (κ2) is 7.22. The summed E-state index contributed by atoms with van der Waals surface area (Å²) in [6, 6.07) is 3.21. The molecule has 1 aromatic carbocycles. The Hall–Kier alpha value is -2.74. The molecule has 1 aliphatic rings. The zero-order valence-corrected chi connectivity index (χ0v) is 13.8. The number of nitrogens with two attached hydrogens (primary N) is 1. The summed E-state index contributed by atoms with van der Waals surface area (Å²) < 4.78 is 5.11. The third-order valence-corrected chi connectivity index (χ3v) is 4.15. The monoisotopic (exact) mass is 348 g/mol. The van der Waals surface area contributed by atoms with E-state index in [0.29, 0.717) is 17.5 Å². The van der Waals surface area contributed by atoms with E-state index in [9.17, 15) is 19.5 Å². The van der Waals surface area contributed by atoms with Crippen molar-refractivity contribution in [3.05, 3.63) is 40.8 Å². The highest BCUT2D eigenvalue weighted by Gasteiger charge is 2.35. The lowest BCUT2D eigenvalue weighted by molar-refractivity contribution is -0.127. The minimum atomic E-state index is -0.766. The maximum absolute atomic E-state index is 12.2. The minimum absolute atomic E-state index is 0.00335. The van der Waals surface area contributed by atoms with Gasteiger partial charge in [-0.15, -0.1) is 6.58 Å². The molecule has 0 atom stereocenters. The molecule has 1 fully saturated rings. The highest BCUT2D eigenvalue weighted by atomic mass is 32.2. The third kappa shape index (κ3) is 3.60. The van der Waals surface area contributed by atoms with Gasteiger partial charge in [-0.3, -0.25) is 19.3 Å². The second-order valence-corrected chi connectivity index (χ2v) is 5.95. The molecule has 24 heavy (non-hydrogen) atoms. The predicted octanol–water partition coefficient (Wildman–Crippen LogP) is 1.65. The minimum Gasteiger partial charge on any atom is -0.504 e. The highest BCUT2D eigenvalue weighted by molar-refractivity contribution is 8.18. The van der Waals surface area contributed by atoms with Crippen LogP contribution in [0.2, 0.25) is 0 Å². The summed E-state index contributed by atoms with van der Waals surface area (Å²) in [4.78, 5) is 35.9. The van der Waals surface area contributed by atoms with Gasteiger partial charge in [-0.25, -0.2) is 0 Å². The first-order chi connectivity index (χ1) is 11.4. The largest absolute Gasteiger partial charge is 0.504 e. The molecular weight excluding hydrogens is 332 g/mol. The van der Waals surface area contributed by atoms with Crippen molar-refractivity contribution in [2.45, 2.75) is 6.42 Å². The fourth-order valence-electron chi connectivity index (χ4n) is 2.18. The van der Waals surface area contributed by atoms with Crippen LogP contribution < -0.4 is 10.5 Å². The first-order valence-corrected chi connectivity index (χ1v) is 7.73. The summed E-state index contributed by atoms with van der Waals surface area (Å²) in [5.74, 6) is -1.10. The zero-order chi connectivity index (χ0) is 17.9. The van der Waals surface area contributed by atoms with Crippen LogP contribution in [0, 0.1) is 0 Å². The number of allylic oxidation sites excluding steroid dienone is 1. The number of methoxy groups -OCH3 is 1. The topological polar surface area (TPSA) is 110 Å². The van der Waals surface area contributed by atoms with Crippen LogP contribution in [-0.4, -0.2) is 40.7 Å². The molecule has 0 bridgehead atoms. The maximum atomic E-state index is 12.2. The lowest BCUT2D eigenvalue weighted by Gasteiger charge is -2.10. The second-order valence-electron chi connectivity index (χ2n) is 4.96. The van der Waals surface area contributed by atoms with Gasteiger partial charge in [0.2, 0.25) is 5.91 Å². The first-order valence-electron chi connectivity index (χ1n) is 6.91. The fourth-order valence-corrected chi connectivity index (χ4v) is 3.02. The standard InChI is InChI=1S/C16H16N2O5S/c1-3-4-10-5-9(6-11(23-2)14(10)20)7-12-15(21)18(8-13(17)19)16(22)24-12/h3,5-7,20H,1,4,8H2,2H3,(H2,17,19)/b12-7-. The normalized spacial score (nSPS) is 15.9. The predicted molar refractivity (Wildman–Crippen MR) is 90.4 cm³/mol. The molecule has 0 spiro atoms. The Bertz CT molecular complexity index is 757. The van der Waals surface area contributed by atoms with E-state index in [0.717, 1.165) is 16.7 Å². The van der Waals surface area contributed by atoms with Crippen molar-refractivity contribution in [3.63, 3.8) is 0 Å². The van der Waals surface area contributed by atoms with Crippen LogP contribution >= 0.6 is 11.8 Å². The van der Waals surface area contributed by atoms with E-state index >= 15 is 0 Å².